The summed E-state index contributed by atoms with van der Waals surface area (Å²) < 4.78 is 23.2. The molecule has 1 rings (SSSR count). The number of sulfone groups is 1. The lowest BCUT2D eigenvalue weighted by Crippen LogP contribution is -2.22. The van der Waals surface area contributed by atoms with E-state index in [2.05, 4.69) is 0 Å². The SMILES string of the molecule is CSCCN(C)c1cccc(S(C)(=O)=O)c1[N+](=O)[O-]. The van der Waals surface area contributed by atoms with Crippen LogP contribution in [-0.2, 0) is 9.84 Å². The predicted molar refractivity (Wildman–Crippen MR) is 77.9 cm³/mol. The summed E-state index contributed by atoms with van der Waals surface area (Å²) >= 11 is 1.62. The first-order valence-electron chi connectivity index (χ1n) is 5.46. The van der Waals surface area contributed by atoms with Gasteiger partial charge in [-0.15, -0.1) is 0 Å². The summed E-state index contributed by atoms with van der Waals surface area (Å²) in [7, 11) is -1.92. The van der Waals surface area contributed by atoms with Gasteiger partial charge in [0.05, 0.1) is 4.92 Å². The number of thioether (sulfide) groups is 1. The minimum Gasteiger partial charge on any atom is -0.368 e. The molecule has 0 aliphatic heterocycles. The number of hydrogen-bond acceptors (Lipinski definition) is 6. The Morgan fingerprint density at radius 2 is 2.05 bits per heavy atom. The summed E-state index contributed by atoms with van der Waals surface area (Å²) in [5, 5.41) is 11.2. The van der Waals surface area contributed by atoms with E-state index in [1.165, 1.54) is 12.1 Å². The van der Waals surface area contributed by atoms with Gasteiger partial charge in [0.2, 0.25) is 0 Å². The van der Waals surface area contributed by atoms with Crippen molar-refractivity contribution in [2.24, 2.45) is 0 Å². The Hall–Kier alpha value is -1.28. The van der Waals surface area contributed by atoms with E-state index in [9.17, 15) is 18.5 Å². The van der Waals surface area contributed by atoms with E-state index in [-0.39, 0.29) is 10.6 Å². The highest BCUT2D eigenvalue weighted by Crippen LogP contribution is 2.33. The molecule has 0 aliphatic rings. The third-order valence-corrected chi connectivity index (χ3v) is 4.32. The minimum absolute atomic E-state index is 0.244. The third-order valence-electron chi connectivity index (χ3n) is 2.60. The molecule has 19 heavy (non-hydrogen) atoms. The molecule has 0 radical (unpaired) electrons. The van der Waals surface area contributed by atoms with Crippen LogP contribution < -0.4 is 4.90 Å². The van der Waals surface area contributed by atoms with Gasteiger partial charge in [-0.25, -0.2) is 8.42 Å². The van der Waals surface area contributed by atoms with E-state index in [1.807, 2.05) is 6.26 Å². The van der Waals surface area contributed by atoms with E-state index >= 15 is 0 Å². The van der Waals surface area contributed by atoms with Crippen LogP contribution in [0.15, 0.2) is 23.1 Å². The second-order valence-electron chi connectivity index (χ2n) is 4.07. The van der Waals surface area contributed by atoms with Crippen LogP contribution in [0.25, 0.3) is 0 Å². The van der Waals surface area contributed by atoms with Gasteiger partial charge in [-0.05, 0) is 18.4 Å². The molecule has 1 aromatic rings. The number of nitro groups is 1. The summed E-state index contributed by atoms with van der Waals surface area (Å²) in [6.45, 7) is 0.606. The largest absolute Gasteiger partial charge is 0.368 e. The van der Waals surface area contributed by atoms with Crippen LogP contribution in [0.1, 0.15) is 0 Å². The minimum atomic E-state index is -3.63. The van der Waals surface area contributed by atoms with E-state index in [0.717, 1.165) is 12.0 Å². The number of benzene rings is 1. The van der Waals surface area contributed by atoms with Crippen molar-refractivity contribution in [3.05, 3.63) is 28.3 Å². The number of para-hydroxylation sites is 1. The van der Waals surface area contributed by atoms with Crippen LogP contribution in [0.5, 0.6) is 0 Å². The average Bonchev–Trinajstić information content (AvgIpc) is 2.33. The Morgan fingerprint density at radius 1 is 1.42 bits per heavy atom. The van der Waals surface area contributed by atoms with Crippen molar-refractivity contribution in [2.45, 2.75) is 4.90 Å². The van der Waals surface area contributed by atoms with Gasteiger partial charge in [0, 0.05) is 25.6 Å². The molecule has 0 saturated heterocycles. The summed E-state index contributed by atoms with van der Waals surface area (Å²) in [6.07, 6.45) is 2.91. The van der Waals surface area contributed by atoms with E-state index < -0.39 is 14.8 Å². The number of anilines is 1. The zero-order valence-electron chi connectivity index (χ0n) is 11.0. The van der Waals surface area contributed by atoms with Crippen LogP contribution in [0, 0.1) is 10.1 Å². The zero-order chi connectivity index (χ0) is 14.6. The van der Waals surface area contributed by atoms with Crippen LogP contribution >= 0.6 is 11.8 Å². The smallest absolute Gasteiger partial charge is 0.311 e. The maximum atomic E-state index is 11.6. The second kappa shape index (κ2) is 6.25. The lowest BCUT2D eigenvalue weighted by molar-refractivity contribution is -0.387. The molecule has 0 N–H and O–H groups in total. The van der Waals surface area contributed by atoms with E-state index in [4.69, 9.17) is 0 Å². The van der Waals surface area contributed by atoms with Crippen LogP contribution in [0.3, 0.4) is 0 Å². The first kappa shape index (κ1) is 15.8. The van der Waals surface area contributed by atoms with Gasteiger partial charge in [0.15, 0.2) is 9.84 Å². The van der Waals surface area contributed by atoms with Crippen molar-refractivity contribution in [2.75, 3.05) is 36.8 Å². The van der Waals surface area contributed by atoms with Crippen molar-refractivity contribution < 1.29 is 13.3 Å². The van der Waals surface area contributed by atoms with Gasteiger partial charge >= 0.3 is 5.69 Å². The molecule has 0 bridgehead atoms. The van der Waals surface area contributed by atoms with Crippen LogP contribution in [0.4, 0.5) is 11.4 Å². The summed E-state index contributed by atoms with van der Waals surface area (Å²) in [5.74, 6) is 0.802. The van der Waals surface area contributed by atoms with Crippen LogP contribution in [0.2, 0.25) is 0 Å². The van der Waals surface area contributed by atoms with Crippen LogP contribution in [-0.4, -0.2) is 45.2 Å². The molecule has 6 nitrogen and oxygen atoms in total. The highest BCUT2D eigenvalue weighted by atomic mass is 32.2. The normalized spacial score (nSPS) is 11.3. The standard InChI is InChI=1S/C11H16N2O4S2/c1-12(7-8-18-2)9-5-4-6-10(19(3,16)17)11(9)13(14)15/h4-6H,7-8H2,1-3H3. The molecule has 8 heteroatoms. The maximum absolute atomic E-state index is 11.6. The van der Waals surface area contributed by atoms with Gasteiger partial charge in [-0.1, -0.05) is 6.07 Å². The number of rotatable bonds is 6. The Kier molecular flexibility index (Phi) is 5.19. The van der Waals surface area contributed by atoms with Crippen molar-refractivity contribution >= 4 is 33.0 Å². The monoisotopic (exact) mass is 304 g/mol. The Bertz CT molecular complexity index is 572. The van der Waals surface area contributed by atoms with Gasteiger partial charge in [-0.3, -0.25) is 10.1 Å². The molecule has 106 valence electrons. The van der Waals surface area contributed by atoms with E-state index in [1.54, 1.807) is 29.8 Å². The summed E-state index contributed by atoms with van der Waals surface area (Å²) in [5.41, 5.74) is -0.0319. The summed E-state index contributed by atoms with van der Waals surface area (Å²) in [6, 6.07) is 4.35. The first-order chi connectivity index (χ1) is 8.79. The quantitative estimate of drug-likeness (QED) is 0.589. The van der Waals surface area contributed by atoms with Crippen molar-refractivity contribution in [1.82, 2.24) is 0 Å². The number of nitrogens with zero attached hydrogens (tertiary/aromatic N) is 2. The lowest BCUT2D eigenvalue weighted by Gasteiger charge is -2.19. The Labute approximate surface area is 116 Å². The summed E-state index contributed by atoms with van der Waals surface area (Å²) in [4.78, 5) is 12.0. The predicted octanol–water partition coefficient (Wildman–Crippen LogP) is 1.80. The maximum Gasteiger partial charge on any atom is 0.311 e. The van der Waals surface area contributed by atoms with Crippen molar-refractivity contribution in [1.29, 1.82) is 0 Å². The highest BCUT2D eigenvalue weighted by Gasteiger charge is 2.27. The first-order valence-corrected chi connectivity index (χ1v) is 8.75. The fourth-order valence-electron chi connectivity index (χ4n) is 1.65. The Balaban J connectivity index is 3.37. The average molecular weight is 304 g/mol. The molecule has 0 spiro atoms. The molecule has 0 fully saturated rings. The second-order valence-corrected chi connectivity index (χ2v) is 7.04. The van der Waals surface area contributed by atoms with Gasteiger partial charge < -0.3 is 4.90 Å². The Morgan fingerprint density at radius 3 is 2.53 bits per heavy atom. The number of nitro benzene ring substituents is 1. The molecule has 0 saturated carbocycles. The topological polar surface area (TPSA) is 80.5 Å². The molecular weight excluding hydrogens is 288 g/mol. The fraction of sp³-hybridized carbons (Fsp3) is 0.455. The molecule has 0 aliphatic carbocycles. The van der Waals surface area contributed by atoms with Gasteiger partial charge in [-0.2, -0.15) is 11.8 Å². The van der Waals surface area contributed by atoms with Crippen molar-refractivity contribution in [3.63, 3.8) is 0 Å². The molecule has 0 heterocycles. The van der Waals surface area contributed by atoms with Gasteiger partial charge in [0.25, 0.3) is 0 Å². The lowest BCUT2D eigenvalue weighted by atomic mass is 10.2. The van der Waals surface area contributed by atoms with Gasteiger partial charge in [0.1, 0.15) is 10.6 Å². The molecule has 0 aromatic heterocycles. The number of hydrogen-bond donors (Lipinski definition) is 0. The molecule has 0 unspecified atom stereocenters. The fourth-order valence-corrected chi connectivity index (χ4v) is 2.96. The molecule has 1 aromatic carbocycles. The highest BCUT2D eigenvalue weighted by molar-refractivity contribution is 7.98. The molecule has 0 amide bonds. The van der Waals surface area contributed by atoms with Crippen molar-refractivity contribution in [3.8, 4) is 0 Å². The van der Waals surface area contributed by atoms with E-state index in [0.29, 0.717) is 12.2 Å². The molecular formula is C11H16N2O4S2. The zero-order valence-corrected chi connectivity index (χ0v) is 12.6. The third kappa shape index (κ3) is 3.84. The molecule has 0 atom stereocenters.